The first kappa shape index (κ1) is 29.6. The normalized spacial score (nSPS) is 11.6. The van der Waals surface area contributed by atoms with E-state index >= 15 is 0 Å². The molecule has 0 atom stereocenters. The van der Waals surface area contributed by atoms with E-state index in [1.807, 2.05) is 50.2 Å². The molecule has 6 N–H and O–H groups in total. The number of carboxylic acids is 2. The average molecular weight is 609 g/mol. The Balaban J connectivity index is 1.26. The van der Waals surface area contributed by atoms with Gasteiger partial charge >= 0.3 is 11.9 Å². The second kappa shape index (κ2) is 11.9. The van der Waals surface area contributed by atoms with Gasteiger partial charge in [0.05, 0.1) is 33.9 Å². The molecule has 0 saturated carbocycles. The molecule has 0 fully saturated rings. The van der Waals surface area contributed by atoms with E-state index in [1.54, 1.807) is 48.5 Å². The summed E-state index contributed by atoms with van der Waals surface area (Å²) in [5.74, 6) is -2.14. The molecule has 46 heavy (non-hydrogen) atoms. The minimum atomic E-state index is -1.07. The fourth-order valence-electron chi connectivity index (χ4n) is 5.40. The molecule has 6 aromatic carbocycles. The van der Waals surface area contributed by atoms with E-state index < -0.39 is 11.9 Å². The van der Waals surface area contributed by atoms with E-state index in [4.69, 9.17) is 11.5 Å². The molecule has 6 rings (SSSR count). The Bertz CT molecular complexity index is 2120. The number of hydrogen-bond donors (Lipinski definition) is 4. The van der Waals surface area contributed by atoms with E-state index in [0.29, 0.717) is 44.3 Å². The first-order chi connectivity index (χ1) is 22.1. The highest BCUT2D eigenvalue weighted by atomic mass is 16.4. The quantitative estimate of drug-likeness (QED) is 0.104. The van der Waals surface area contributed by atoms with E-state index in [2.05, 4.69) is 20.5 Å². The van der Waals surface area contributed by atoms with Crippen LogP contribution in [-0.2, 0) is 0 Å². The Morgan fingerprint density at radius 1 is 0.500 bits per heavy atom. The first-order valence-corrected chi connectivity index (χ1v) is 14.3. The number of azo groups is 2. The van der Waals surface area contributed by atoms with Crippen molar-refractivity contribution in [2.45, 2.75) is 13.8 Å². The van der Waals surface area contributed by atoms with Crippen LogP contribution in [0.4, 0.5) is 34.1 Å². The van der Waals surface area contributed by atoms with Crippen LogP contribution in [0, 0.1) is 13.8 Å². The van der Waals surface area contributed by atoms with Gasteiger partial charge in [0.15, 0.2) is 0 Å². The number of nitrogens with two attached hydrogens (primary N) is 2. The van der Waals surface area contributed by atoms with Gasteiger partial charge in [-0.2, -0.15) is 10.2 Å². The summed E-state index contributed by atoms with van der Waals surface area (Å²) in [6.07, 6.45) is 0. The molecule has 0 aromatic heterocycles. The van der Waals surface area contributed by atoms with Crippen molar-refractivity contribution in [1.82, 2.24) is 0 Å². The van der Waals surface area contributed by atoms with Crippen molar-refractivity contribution in [3.8, 4) is 11.1 Å². The zero-order valence-electron chi connectivity index (χ0n) is 24.9. The van der Waals surface area contributed by atoms with Crippen molar-refractivity contribution < 1.29 is 19.8 Å². The third-order valence-corrected chi connectivity index (χ3v) is 7.85. The molecule has 0 unspecified atom stereocenters. The summed E-state index contributed by atoms with van der Waals surface area (Å²) in [6, 6.07) is 28.5. The highest BCUT2D eigenvalue weighted by Crippen LogP contribution is 2.38. The number of fused-ring (bicyclic) bond motifs is 2. The molecule has 0 aliphatic heterocycles. The average Bonchev–Trinajstić information content (AvgIpc) is 3.05. The van der Waals surface area contributed by atoms with E-state index in [9.17, 15) is 19.8 Å². The molecule has 0 heterocycles. The lowest BCUT2D eigenvalue weighted by atomic mass is 10.00. The smallest absolute Gasteiger partial charge is 0.336 e. The third-order valence-electron chi connectivity index (χ3n) is 7.85. The number of carbonyl (C=O) groups is 2. The van der Waals surface area contributed by atoms with Gasteiger partial charge in [-0.05, 0) is 83.3 Å². The lowest BCUT2D eigenvalue weighted by molar-refractivity contribution is 0.0688. The second-order valence-corrected chi connectivity index (χ2v) is 10.8. The van der Waals surface area contributed by atoms with Crippen molar-refractivity contribution >= 4 is 67.6 Å². The molecule has 0 spiro atoms. The summed E-state index contributed by atoms with van der Waals surface area (Å²) in [6.45, 7) is 3.83. The Kier molecular flexibility index (Phi) is 7.69. The maximum atomic E-state index is 11.9. The van der Waals surface area contributed by atoms with Crippen LogP contribution in [0.25, 0.3) is 32.7 Å². The topological polar surface area (TPSA) is 176 Å². The zero-order valence-corrected chi connectivity index (χ0v) is 24.9. The van der Waals surface area contributed by atoms with Crippen molar-refractivity contribution in [2.24, 2.45) is 20.5 Å². The van der Waals surface area contributed by atoms with Crippen molar-refractivity contribution in [3.63, 3.8) is 0 Å². The van der Waals surface area contributed by atoms with Crippen LogP contribution in [0.3, 0.4) is 0 Å². The predicted molar refractivity (Wildman–Crippen MR) is 180 cm³/mol. The van der Waals surface area contributed by atoms with E-state index in [1.165, 1.54) is 12.1 Å². The fraction of sp³-hybridized carbons (Fsp3) is 0.0556. The Morgan fingerprint density at radius 2 is 0.848 bits per heavy atom. The van der Waals surface area contributed by atoms with Gasteiger partial charge in [-0.1, -0.05) is 60.7 Å². The summed E-state index contributed by atoms with van der Waals surface area (Å²) < 4.78 is 0. The highest BCUT2D eigenvalue weighted by Gasteiger charge is 2.16. The summed E-state index contributed by atoms with van der Waals surface area (Å²) >= 11 is 0. The first-order valence-electron chi connectivity index (χ1n) is 14.3. The van der Waals surface area contributed by atoms with E-state index in [0.717, 1.165) is 22.3 Å². The van der Waals surface area contributed by atoms with Crippen LogP contribution in [-0.4, -0.2) is 22.2 Å². The van der Waals surface area contributed by atoms with Crippen LogP contribution in [0.2, 0.25) is 0 Å². The van der Waals surface area contributed by atoms with Crippen LogP contribution < -0.4 is 11.5 Å². The second-order valence-electron chi connectivity index (χ2n) is 10.8. The molecular weight excluding hydrogens is 580 g/mol. The third kappa shape index (κ3) is 5.50. The Labute approximate surface area is 263 Å². The van der Waals surface area contributed by atoms with Gasteiger partial charge in [0.1, 0.15) is 11.4 Å². The number of nitrogen functional groups attached to an aromatic ring is 2. The molecule has 6 aromatic rings. The van der Waals surface area contributed by atoms with Crippen molar-refractivity contribution in [1.29, 1.82) is 0 Å². The maximum absolute atomic E-state index is 11.9. The summed E-state index contributed by atoms with van der Waals surface area (Å²) in [5.41, 5.74) is 19.0. The number of aromatic carboxylic acids is 2. The van der Waals surface area contributed by atoms with Crippen LogP contribution in [0.1, 0.15) is 31.8 Å². The van der Waals surface area contributed by atoms with Gasteiger partial charge in [-0.3, -0.25) is 0 Å². The molecule has 10 heteroatoms. The number of anilines is 2. The number of hydrogen-bond acceptors (Lipinski definition) is 8. The molecule has 0 amide bonds. The van der Waals surface area contributed by atoms with Crippen molar-refractivity contribution in [2.75, 3.05) is 11.5 Å². The number of rotatable bonds is 7. The Hall–Kier alpha value is -6.42. The standard InChI is InChI=1S/C36H28N6O4/c1-19-15-21(11-13-29(19)39-41-31-17-27(35(43)44)23-7-3-5-9-25(23)33(31)37)22-12-14-30(20(2)16-22)40-42-32-18-28(36(45)46)24-8-4-6-10-26(24)34(32)38/h3-18H,37-38H2,1-2H3,(H,43,44)(H,45,46). The molecule has 0 radical (unpaired) electrons. The minimum Gasteiger partial charge on any atom is -0.478 e. The molecule has 226 valence electrons. The fourth-order valence-corrected chi connectivity index (χ4v) is 5.40. The van der Waals surface area contributed by atoms with Crippen molar-refractivity contribution in [3.05, 3.63) is 119 Å². The van der Waals surface area contributed by atoms with Gasteiger partial charge in [0.25, 0.3) is 0 Å². The minimum absolute atomic E-state index is 0.106. The van der Waals surface area contributed by atoms with Gasteiger partial charge in [0, 0.05) is 10.8 Å². The Morgan fingerprint density at radius 3 is 1.20 bits per heavy atom. The van der Waals surface area contributed by atoms with Crippen LogP contribution >= 0.6 is 0 Å². The van der Waals surface area contributed by atoms with Gasteiger partial charge in [-0.25, -0.2) is 9.59 Å². The molecule has 0 aliphatic rings. The van der Waals surface area contributed by atoms with Crippen LogP contribution in [0.15, 0.2) is 118 Å². The lowest BCUT2D eigenvalue weighted by Gasteiger charge is -2.10. The summed E-state index contributed by atoms with van der Waals surface area (Å²) in [7, 11) is 0. The number of nitrogens with zero attached hydrogens (tertiary/aromatic N) is 4. The lowest BCUT2D eigenvalue weighted by Crippen LogP contribution is -1.99. The molecule has 0 aliphatic carbocycles. The zero-order chi connectivity index (χ0) is 32.5. The molecule has 0 saturated heterocycles. The van der Waals surface area contributed by atoms with Gasteiger partial charge in [0.2, 0.25) is 0 Å². The van der Waals surface area contributed by atoms with Crippen LogP contribution in [0.5, 0.6) is 0 Å². The predicted octanol–water partition coefficient (Wildman–Crippen LogP) is 9.67. The SMILES string of the molecule is Cc1cc(-c2ccc(N=Nc3cc(C(=O)O)c4ccccc4c3N)c(C)c2)ccc1N=Nc1cc(C(=O)O)c2ccccc2c1N. The highest BCUT2D eigenvalue weighted by molar-refractivity contribution is 6.11. The number of aryl methyl sites for hydroxylation is 2. The number of carboxylic acid groups (broad SMARTS) is 2. The number of benzene rings is 6. The molecular formula is C36H28N6O4. The maximum Gasteiger partial charge on any atom is 0.336 e. The summed E-state index contributed by atoms with van der Waals surface area (Å²) in [5, 5.41) is 39.1. The summed E-state index contributed by atoms with van der Waals surface area (Å²) in [4.78, 5) is 23.7. The monoisotopic (exact) mass is 608 g/mol. The molecule has 0 bridgehead atoms. The van der Waals surface area contributed by atoms with Gasteiger partial charge < -0.3 is 21.7 Å². The largest absolute Gasteiger partial charge is 0.478 e. The van der Waals surface area contributed by atoms with E-state index in [-0.39, 0.29) is 22.5 Å². The van der Waals surface area contributed by atoms with Gasteiger partial charge in [-0.15, -0.1) is 10.2 Å². The molecule has 10 nitrogen and oxygen atoms in total.